The van der Waals surface area contributed by atoms with Gasteiger partial charge in [0.15, 0.2) is 5.82 Å². The van der Waals surface area contributed by atoms with Crippen molar-refractivity contribution in [1.82, 2.24) is 19.9 Å². The van der Waals surface area contributed by atoms with E-state index in [9.17, 15) is 13.9 Å². The van der Waals surface area contributed by atoms with Crippen molar-refractivity contribution in [1.29, 1.82) is 0 Å². The lowest BCUT2D eigenvalue weighted by Crippen LogP contribution is -2.14. The molecule has 174 valence electrons. The van der Waals surface area contributed by atoms with Gasteiger partial charge in [-0.05, 0) is 52.6 Å². The fourth-order valence-electron chi connectivity index (χ4n) is 3.31. The number of anilines is 4. The van der Waals surface area contributed by atoms with Crippen LogP contribution >= 0.6 is 23.1 Å². The quantitative estimate of drug-likeness (QED) is 0.229. The van der Waals surface area contributed by atoms with Crippen molar-refractivity contribution in [3.8, 4) is 5.75 Å². The van der Waals surface area contributed by atoms with E-state index in [4.69, 9.17) is 4.74 Å². The number of nitrogens with zero attached hydrogens (tertiary/aromatic N) is 5. The van der Waals surface area contributed by atoms with Gasteiger partial charge in [-0.2, -0.15) is 4.98 Å². The third kappa shape index (κ3) is 4.73. The molecule has 0 radical (unpaired) electrons. The normalized spacial score (nSPS) is 11.3. The van der Waals surface area contributed by atoms with Crippen LogP contribution in [0.15, 0.2) is 52.5 Å². The molecule has 13 heteroatoms. The molecule has 2 aromatic heterocycles. The van der Waals surface area contributed by atoms with E-state index in [0.29, 0.717) is 32.3 Å². The van der Waals surface area contributed by atoms with Crippen molar-refractivity contribution in [3.63, 3.8) is 0 Å². The van der Waals surface area contributed by atoms with Crippen LogP contribution in [0.25, 0.3) is 11.0 Å². The number of hydrogen-bond acceptors (Lipinski definition) is 10. The monoisotopic (exact) mass is 545 g/mol. The van der Waals surface area contributed by atoms with Crippen molar-refractivity contribution < 1.29 is 13.7 Å². The van der Waals surface area contributed by atoms with Gasteiger partial charge in [-0.25, -0.2) is 9.37 Å². The van der Waals surface area contributed by atoms with Crippen LogP contribution in [0.4, 0.5) is 33.2 Å². The van der Waals surface area contributed by atoms with Crippen molar-refractivity contribution in [2.45, 2.75) is 0 Å². The Morgan fingerprint density at radius 3 is 2.56 bits per heavy atom. The molecule has 2 N–H and O–H groups in total. The molecule has 0 saturated heterocycles. The molecule has 0 unspecified atom stereocenters. The van der Waals surface area contributed by atoms with Gasteiger partial charge in [0.1, 0.15) is 29.9 Å². The van der Waals surface area contributed by atoms with E-state index >= 15 is 0 Å². The zero-order valence-electron chi connectivity index (χ0n) is 18.2. The van der Waals surface area contributed by atoms with Gasteiger partial charge in [-0.15, -0.1) is 4.91 Å². The van der Waals surface area contributed by atoms with Crippen LogP contribution in [0.5, 0.6) is 5.75 Å². The van der Waals surface area contributed by atoms with Crippen molar-refractivity contribution in [2.75, 3.05) is 31.1 Å². The minimum Gasteiger partial charge on any atom is -0.494 e. The second-order valence-electron chi connectivity index (χ2n) is 7.47. The van der Waals surface area contributed by atoms with Gasteiger partial charge in [-0.3, -0.25) is 9.97 Å². The van der Waals surface area contributed by atoms with Crippen LogP contribution in [0.1, 0.15) is 0 Å². The van der Waals surface area contributed by atoms with E-state index in [0.717, 1.165) is 6.07 Å². The van der Waals surface area contributed by atoms with Crippen LogP contribution in [0.2, 0.25) is 0 Å². The first-order valence-electron chi connectivity index (χ1n) is 9.78. The van der Waals surface area contributed by atoms with Crippen LogP contribution in [0.3, 0.4) is 0 Å². The maximum Gasteiger partial charge on any atom is 0.229 e. The Balaban J connectivity index is 1.75. The maximum atomic E-state index is 13.9. The molecule has 0 atom stereocenters. The molecule has 4 rings (SSSR count). The number of halogens is 2. The molecule has 10 nitrogen and oxygen atoms in total. The lowest BCUT2D eigenvalue weighted by atomic mass is 10.2. The minimum absolute atomic E-state index is 0.130. The van der Waals surface area contributed by atoms with Crippen LogP contribution < -0.4 is 20.7 Å². The molecule has 0 bridgehead atoms. The Morgan fingerprint density at radius 1 is 1.09 bits per heavy atom. The molecule has 4 aromatic rings. The zero-order chi connectivity index (χ0) is 24.5. The molecule has 0 fully saturated rings. The van der Waals surface area contributed by atoms with Gasteiger partial charge >= 0.3 is 0 Å². The summed E-state index contributed by atoms with van der Waals surface area (Å²) in [5, 5.41) is 9.31. The van der Waals surface area contributed by atoms with E-state index in [2.05, 4.69) is 51.7 Å². The van der Waals surface area contributed by atoms with Gasteiger partial charge in [-0.1, -0.05) is 0 Å². The Hall–Kier alpha value is -3.50. The summed E-state index contributed by atoms with van der Waals surface area (Å²) in [6, 6.07) is 5.78. The summed E-state index contributed by atoms with van der Waals surface area (Å²) in [6.45, 7) is 3.31. The molecule has 34 heavy (non-hydrogen) atoms. The number of nitroso groups, excluding NO2 is 1. The van der Waals surface area contributed by atoms with Gasteiger partial charge in [0.2, 0.25) is 5.95 Å². The molecular formula is C21H18BrFN7O3P. The number of methoxy groups -OCH3 is 1. The highest BCUT2D eigenvalue weighted by Gasteiger charge is 2.22. The summed E-state index contributed by atoms with van der Waals surface area (Å²) < 4.78 is 32.7. The lowest BCUT2D eigenvalue weighted by molar-refractivity contribution is 0.413. The molecule has 0 aliphatic heterocycles. The maximum absolute atomic E-state index is 13.9. The SMILES string of the molecule is COc1cc(F)c(N=O)cc1Nc1ncc(Br)c(Nc2ccc3nccnc3c2P(C)(C)=O)n1. The molecule has 2 heterocycles. The first kappa shape index (κ1) is 23.7. The summed E-state index contributed by atoms with van der Waals surface area (Å²) in [5.41, 5.74) is 1.58. The zero-order valence-corrected chi connectivity index (χ0v) is 20.7. The summed E-state index contributed by atoms with van der Waals surface area (Å²) >= 11 is 3.42. The van der Waals surface area contributed by atoms with Gasteiger partial charge in [0.25, 0.3) is 0 Å². The lowest BCUT2D eigenvalue weighted by Gasteiger charge is -2.17. The summed E-state index contributed by atoms with van der Waals surface area (Å²) in [4.78, 5) is 28.2. The fourth-order valence-corrected chi connectivity index (χ4v) is 4.99. The number of nitrogens with one attached hydrogen (secondary N) is 2. The number of aromatic nitrogens is 4. The molecule has 0 aliphatic rings. The largest absolute Gasteiger partial charge is 0.494 e. The third-order valence-electron chi connectivity index (χ3n) is 4.76. The number of hydrogen-bond donors (Lipinski definition) is 2. The van der Waals surface area contributed by atoms with E-state index in [1.165, 1.54) is 19.4 Å². The first-order valence-corrected chi connectivity index (χ1v) is 13.2. The Bertz CT molecular complexity index is 1460. The summed E-state index contributed by atoms with van der Waals surface area (Å²) in [6.07, 6.45) is 4.63. The molecule has 0 spiro atoms. The standard InChI is InChI=1S/C21H18BrFN7O3P/c1-33-17-8-12(23)15(30-31)9-16(17)28-21-26-10-11(22)20(29-21)27-14-5-4-13-18(25-7-6-24-13)19(14)34(2,3)32/h4-10H,1-3H3,(H2,26,27,28,29). The average molecular weight is 546 g/mol. The van der Waals surface area contributed by atoms with E-state index in [-0.39, 0.29) is 23.1 Å². The minimum atomic E-state index is -2.78. The van der Waals surface area contributed by atoms with Crippen LogP contribution in [-0.2, 0) is 4.57 Å². The van der Waals surface area contributed by atoms with Crippen molar-refractivity contribution >= 4 is 68.2 Å². The molecule has 0 aliphatic carbocycles. The number of ether oxygens (including phenoxy) is 1. The average Bonchev–Trinajstić information content (AvgIpc) is 2.81. The Kier molecular flexibility index (Phi) is 6.54. The van der Waals surface area contributed by atoms with Gasteiger partial charge in [0.05, 0.1) is 33.8 Å². The van der Waals surface area contributed by atoms with E-state index < -0.39 is 13.0 Å². The number of fused-ring (bicyclic) bond motifs is 1. The number of benzene rings is 2. The Morgan fingerprint density at radius 2 is 1.85 bits per heavy atom. The topological polar surface area (TPSA) is 131 Å². The highest BCUT2D eigenvalue weighted by molar-refractivity contribution is 9.10. The summed E-state index contributed by atoms with van der Waals surface area (Å²) in [5.74, 6) is -0.179. The first-order chi connectivity index (χ1) is 16.2. The Labute approximate surface area is 201 Å². The van der Waals surface area contributed by atoms with Crippen LogP contribution in [-0.4, -0.2) is 40.4 Å². The predicted octanol–water partition coefficient (Wildman–Crippen LogP) is 5.46. The second kappa shape index (κ2) is 9.40. The van der Waals surface area contributed by atoms with E-state index in [1.54, 1.807) is 37.9 Å². The van der Waals surface area contributed by atoms with Crippen molar-refractivity contribution in [3.05, 3.63) is 58.1 Å². The molecule has 0 saturated carbocycles. The van der Waals surface area contributed by atoms with Crippen LogP contribution in [0, 0.1) is 10.7 Å². The fraction of sp³-hybridized carbons (Fsp3) is 0.143. The third-order valence-corrected chi connectivity index (χ3v) is 6.87. The highest BCUT2D eigenvalue weighted by atomic mass is 79.9. The second-order valence-corrected chi connectivity index (χ2v) is 11.5. The predicted molar refractivity (Wildman–Crippen MR) is 133 cm³/mol. The number of rotatable bonds is 7. The van der Waals surface area contributed by atoms with Gasteiger partial charge in [0, 0.05) is 24.7 Å². The van der Waals surface area contributed by atoms with Crippen molar-refractivity contribution in [2.24, 2.45) is 5.18 Å². The molecule has 0 amide bonds. The summed E-state index contributed by atoms with van der Waals surface area (Å²) in [7, 11) is -1.41. The van der Waals surface area contributed by atoms with Gasteiger partial charge < -0.3 is 19.9 Å². The van der Waals surface area contributed by atoms with E-state index in [1.807, 2.05) is 0 Å². The molecular weight excluding hydrogens is 528 g/mol. The highest BCUT2D eigenvalue weighted by Crippen LogP contribution is 2.41. The molecule has 2 aromatic carbocycles. The smallest absolute Gasteiger partial charge is 0.229 e.